The molecule has 1 aromatic carbocycles. The summed E-state index contributed by atoms with van der Waals surface area (Å²) in [5, 5.41) is 9.30. The van der Waals surface area contributed by atoms with E-state index in [1.54, 1.807) is 13.8 Å². The van der Waals surface area contributed by atoms with Gasteiger partial charge in [-0.05, 0) is 26.0 Å². The number of carbonyl (C=O) groups is 3. The van der Waals surface area contributed by atoms with Crippen molar-refractivity contribution < 1.29 is 33.0 Å². The van der Waals surface area contributed by atoms with E-state index in [0.29, 0.717) is 0 Å². The molecule has 30 heavy (non-hydrogen) atoms. The van der Waals surface area contributed by atoms with E-state index >= 15 is 0 Å². The molecule has 0 aliphatic rings. The smallest absolute Gasteiger partial charge is 0.343 e. The lowest BCUT2D eigenvalue weighted by Crippen LogP contribution is -2.28. The first-order valence-electron chi connectivity index (χ1n) is 9.11. The fourth-order valence-corrected chi connectivity index (χ4v) is 2.67. The average molecular weight is 442 g/mol. The number of aromatic amines is 1. The Kier molecular flexibility index (Phi) is 8.60. The molecule has 0 spiro atoms. The van der Waals surface area contributed by atoms with Crippen molar-refractivity contribution in [3.05, 3.63) is 46.4 Å². The fraction of sp³-hybridized carbons (Fsp3) is 0.368. The number of nitrogens with zero attached hydrogens (tertiary/aromatic N) is 1. The van der Waals surface area contributed by atoms with Crippen LogP contribution >= 0.6 is 11.6 Å². The van der Waals surface area contributed by atoms with Gasteiger partial charge in [0.25, 0.3) is 0 Å². The van der Waals surface area contributed by atoms with E-state index < -0.39 is 29.6 Å². The van der Waals surface area contributed by atoms with Crippen molar-refractivity contribution in [2.24, 2.45) is 0 Å². The van der Waals surface area contributed by atoms with Gasteiger partial charge in [0.2, 0.25) is 0 Å². The number of hydrogen-bond donors (Lipinski definition) is 2. The van der Waals surface area contributed by atoms with Gasteiger partial charge in [-0.25, -0.2) is 9.18 Å². The maximum Gasteiger partial charge on any atom is 0.343 e. The molecule has 0 radical (unpaired) electrons. The largest absolute Gasteiger partial charge is 0.465 e. The Hall–Kier alpha value is -3.14. The SMILES string of the molecule is CCOC(=O)c1cn[nH]c1NCCOC(=O)C(C(=O)OCC)c1ccc(Cl)cc1F. The summed E-state index contributed by atoms with van der Waals surface area (Å²) in [6.45, 7) is 3.36. The lowest BCUT2D eigenvalue weighted by atomic mass is 9.99. The average Bonchev–Trinajstić information content (AvgIpc) is 3.16. The van der Waals surface area contributed by atoms with Crippen molar-refractivity contribution in [1.82, 2.24) is 10.2 Å². The molecule has 0 amide bonds. The molecule has 162 valence electrons. The molecule has 11 heteroatoms. The molecule has 1 atom stereocenters. The zero-order valence-corrected chi connectivity index (χ0v) is 17.1. The zero-order chi connectivity index (χ0) is 22.1. The third-order valence-corrected chi connectivity index (χ3v) is 4.05. The van der Waals surface area contributed by atoms with Crippen molar-refractivity contribution in [2.75, 3.05) is 31.7 Å². The van der Waals surface area contributed by atoms with Crippen molar-refractivity contribution in [1.29, 1.82) is 0 Å². The van der Waals surface area contributed by atoms with Crippen molar-refractivity contribution in [3.63, 3.8) is 0 Å². The Morgan fingerprint density at radius 3 is 2.53 bits per heavy atom. The quantitative estimate of drug-likeness (QED) is 0.250. The molecule has 1 unspecified atom stereocenters. The minimum atomic E-state index is -1.59. The van der Waals surface area contributed by atoms with Gasteiger partial charge in [-0.1, -0.05) is 17.7 Å². The predicted octanol–water partition coefficient (Wildman–Crippen LogP) is 2.68. The highest BCUT2D eigenvalue weighted by atomic mass is 35.5. The molecule has 9 nitrogen and oxygen atoms in total. The molecule has 0 aliphatic carbocycles. The van der Waals surface area contributed by atoms with Gasteiger partial charge in [-0.3, -0.25) is 14.7 Å². The molecule has 0 fully saturated rings. The molecule has 2 aromatic rings. The molecule has 0 aliphatic heterocycles. The van der Waals surface area contributed by atoms with Gasteiger partial charge >= 0.3 is 17.9 Å². The van der Waals surface area contributed by atoms with Crippen LogP contribution in [0.1, 0.15) is 35.7 Å². The summed E-state index contributed by atoms with van der Waals surface area (Å²) in [7, 11) is 0. The molecular formula is C19H21ClFN3O6. The molecule has 2 rings (SSSR count). The summed E-state index contributed by atoms with van der Waals surface area (Å²) in [5.74, 6) is -4.61. The number of hydrogen-bond acceptors (Lipinski definition) is 8. The Bertz CT molecular complexity index is 904. The minimum absolute atomic E-state index is 0.00976. The fourth-order valence-electron chi connectivity index (χ4n) is 2.51. The normalized spacial score (nSPS) is 11.5. The zero-order valence-electron chi connectivity index (χ0n) is 16.4. The first-order valence-corrected chi connectivity index (χ1v) is 9.49. The third-order valence-electron chi connectivity index (χ3n) is 3.81. The predicted molar refractivity (Wildman–Crippen MR) is 105 cm³/mol. The summed E-state index contributed by atoms with van der Waals surface area (Å²) in [6, 6.07) is 3.58. The Morgan fingerprint density at radius 2 is 1.87 bits per heavy atom. The molecule has 0 saturated heterocycles. The Balaban J connectivity index is 2.01. The van der Waals surface area contributed by atoms with Gasteiger partial charge in [-0.2, -0.15) is 5.10 Å². The van der Waals surface area contributed by atoms with Crippen LogP contribution in [0.15, 0.2) is 24.4 Å². The summed E-state index contributed by atoms with van der Waals surface area (Å²) in [6.07, 6.45) is 1.30. The van der Waals surface area contributed by atoms with Crippen molar-refractivity contribution >= 4 is 35.3 Å². The lowest BCUT2D eigenvalue weighted by molar-refractivity contribution is -0.157. The van der Waals surface area contributed by atoms with Gasteiger partial charge in [0, 0.05) is 10.6 Å². The third kappa shape index (κ3) is 5.93. The van der Waals surface area contributed by atoms with Gasteiger partial charge in [-0.15, -0.1) is 0 Å². The maximum atomic E-state index is 14.3. The first-order chi connectivity index (χ1) is 14.4. The Morgan fingerprint density at radius 1 is 1.17 bits per heavy atom. The number of ether oxygens (including phenoxy) is 3. The standard InChI is InChI=1S/C19H21ClFN3O6/c1-3-28-17(25)13-10-23-24-16(13)22-7-8-30-19(27)15(18(26)29-4-2)12-6-5-11(20)9-14(12)21/h5-6,9-10,15H,3-4,7-8H2,1-2H3,(H2,22,23,24). The molecule has 1 heterocycles. The highest BCUT2D eigenvalue weighted by Gasteiger charge is 2.34. The Labute approximate surface area is 176 Å². The number of benzene rings is 1. The van der Waals surface area contributed by atoms with Crippen molar-refractivity contribution in [2.45, 2.75) is 19.8 Å². The summed E-state index contributed by atoms with van der Waals surface area (Å²) in [4.78, 5) is 36.5. The summed E-state index contributed by atoms with van der Waals surface area (Å²) < 4.78 is 29.1. The topological polar surface area (TPSA) is 120 Å². The van der Waals surface area contributed by atoms with Crippen molar-refractivity contribution in [3.8, 4) is 0 Å². The van der Waals surface area contributed by atoms with E-state index in [-0.39, 0.29) is 48.3 Å². The lowest BCUT2D eigenvalue weighted by Gasteiger charge is -2.16. The van der Waals surface area contributed by atoms with Crippen LogP contribution in [-0.4, -0.2) is 54.5 Å². The van der Waals surface area contributed by atoms with E-state index in [1.807, 2.05) is 0 Å². The van der Waals surface area contributed by atoms with E-state index in [2.05, 4.69) is 15.5 Å². The number of aromatic nitrogens is 2. The van der Waals surface area contributed by atoms with E-state index in [0.717, 1.165) is 6.07 Å². The number of nitrogens with one attached hydrogen (secondary N) is 2. The second kappa shape index (κ2) is 11.1. The second-order valence-corrected chi connectivity index (χ2v) is 6.26. The molecule has 1 aromatic heterocycles. The maximum absolute atomic E-state index is 14.3. The van der Waals surface area contributed by atoms with Crippen LogP contribution in [0.3, 0.4) is 0 Å². The second-order valence-electron chi connectivity index (χ2n) is 5.82. The summed E-state index contributed by atoms with van der Waals surface area (Å²) >= 11 is 5.73. The monoisotopic (exact) mass is 441 g/mol. The number of halogens is 2. The van der Waals surface area contributed by atoms with E-state index in [1.165, 1.54) is 18.3 Å². The van der Waals surface area contributed by atoms with Gasteiger partial charge < -0.3 is 19.5 Å². The van der Waals surface area contributed by atoms with Crippen LogP contribution in [0.2, 0.25) is 5.02 Å². The van der Waals surface area contributed by atoms with Crippen LogP contribution < -0.4 is 5.32 Å². The van der Waals surface area contributed by atoms with Crippen LogP contribution in [0.4, 0.5) is 10.2 Å². The van der Waals surface area contributed by atoms with E-state index in [9.17, 15) is 18.8 Å². The number of rotatable bonds is 10. The van der Waals surface area contributed by atoms with Gasteiger partial charge in [0.15, 0.2) is 5.92 Å². The minimum Gasteiger partial charge on any atom is -0.465 e. The number of anilines is 1. The highest BCUT2D eigenvalue weighted by Crippen LogP contribution is 2.25. The first kappa shape index (κ1) is 23.1. The van der Waals surface area contributed by atoms with Crippen LogP contribution in [0.5, 0.6) is 0 Å². The van der Waals surface area contributed by atoms with Gasteiger partial charge in [0.05, 0.1) is 26.0 Å². The molecule has 0 saturated carbocycles. The molecular weight excluding hydrogens is 421 g/mol. The summed E-state index contributed by atoms with van der Waals surface area (Å²) in [5.41, 5.74) is -0.00946. The number of esters is 3. The highest BCUT2D eigenvalue weighted by molar-refractivity contribution is 6.30. The number of H-pyrrole nitrogens is 1. The van der Waals surface area contributed by atoms with Crippen LogP contribution in [0.25, 0.3) is 0 Å². The van der Waals surface area contributed by atoms with Crippen LogP contribution in [0, 0.1) is 5.82 Å². The number of carbonyl (C=O) groups excluding carboxylic acids is 3. The van der Waals surface area contributed by atoms with Gasteiger partial charge in [0.1, 0.15) is 23.8 Å². The van der Waals surface area contributed by atoms with Crippen LogP contribution in [-0.2, 0) is 23.8 Å². The van der Waals surface area contributed by atoms with E-state index in [4.69, 9.17) is 25.8 Å². The molecule has 2 N–H and O–H groups in total. The molecule has 0 bridgehead atoms.